The van der Waals surface area contributed by atoms with Crippen LogP contribution in [0.3, 0.4) is 0 Å². The van der Waals surface area contributed by atoms with Gasteiger partial charge in [-0.2, -0.15) is 0 Å². The van der Waals surface area contributed by atoms with Crippen LogP contribution in [-0.2, 0) is 0 Å². The molecule has 122 valence electrons. The highest BCUT2D eigenvalue weighted by molar-refractivity contribution is 5.75. The number of aliphatic hydroxyl groups is 1. The van der Waals surface area contributed by atoms with Gasteiger partial charge in [-0.25, -0.2) is 4.98 Å². The van der Waals surface area contributed by atoms with Crippen molar-refractivity contribution in [2.24, 2.45) is 0 Å². The van der Waals surface area contributed by atoms with E-state index in [1.165, 1.54) is 0 Å². The number of aliphatic hydroxyl groups excluding tert-OH is 1. The fourth-order valence-electron chi connectivity index (χ4n) is 2.84. The van der Waals surface area contributed by atoms with E-state index >= 15 is 0 Å². The zero-order valence-electron chi connectivity index (χ0n) is 12.9. The number of aromatic nitrogens is 1. The van der Waals surface area contributed by atoms with Crippen molar-refractivity contribution in [2.75, 3.05) is 54.4 Å². The molecule has 0 spiro atoms. The third-order valence-corrected chi connectivity index (χ3v) is 4.09. The van der Waals surface area contributed by atoms with Gasteiger partial charge in [-0.1, -0.05) is 6.07 Å². The monoisotopic (exact) mass is 316 g/mol. The fraction of sp³-hybridized carbons (Fsp3) is 0.438. The molecule has 7 nitrogen and oxygen atoms in total. The number of rotatable bonds is 6. The van der Waals surface area contributed by atoms with Crippen molar-refractivity contribution in [3.8, 4) is 0 Å². The summed E-state index contributed by atoms with van der Waals surface area (Å²) in [5, 5.41) is 11.8. The molecule has 0 bridgehead atoms. The second kappa shape index (κ2) is 6.78. The van der Waals surface area contributed by atoms with Gasteiger partial charge in [-0.15, -0.1) is 0 Å². The molecule has 1 saturated heterocycles. The molecule has 3 rings (SSSR count). The molecule has 7 heteroatoms. The van der Waals surface area contributed by atoms with Crippen molar-refractivity contribution in [3.63, 3.8) is 0 Å². The summed E-state index contributed by atoms with van der Waals surface area (Å²) in [6, 6.07) is 5.80. The SMILES string of the molecule is O=c1c(NCCCO)c(N2CCN(c3ccccn3)CC2)c1=O. The van der Waals surface area contributed by atoms with Gasteiger partial charge in [0.2, 0.25) is 0 Å². The van der Waals surface area contributed by atoms with E-state index in [-0.39, 0.29) is 6.61 Å². The number of hydrogen-bond acceptors (Lipinski definition) is 7. The van der Waals surface area contributed by atoms with E-state index in [2.05, 4.69) is 15.2 Å². The Labute approximate surface area is 133 Å². The molecular formula is C16H20N4O3. The summed E-state index contributed by atoms with van der Waals surface area (Å²) in [6.07, 6.45) is 2.31. The van der Waals surface area contributed by atoms with Crippen LogP contribution in [0.1, 0.15) is 6.42 Å². The zero-order chi connectivity index (χ0) is 16.2. The van der Waals surface area contributed by atoms with Crippen LogP contribution in [0.15, 0.2) is 34.0 Å². The van der Waals surface area contributed by atoms with Gasteiger partial charge in [0.1, 0.15) is 17.2 Å². The molecule has 23 heavy (non-hydrogen) atoms. The smallest absolute Gasteiger partial charge is 0.253 e. The van der Waals surface area contributed by atoms with Crippen molar-refractivity contribution >= 4 is 17.2 Å². The average molecular weight is 316 g/mol. The Morgan fingerprint density at radius 2 is 1.83 bits per heavy atom. The Hall–Kier alpha value is -2.41. The number of nitrogens with zero attached hydrogens (tertiary/aromatic N) is 3. The molecule has 0 radical (unpaired) electrons. The quantitative estimate of drug-likeness (QED) is 0.564. The molecule has 2 heterocycles. The molecule has 2 aromatic rings. The first kappa shape index (κ1) is 15.5. The van der Waals surface area contributed by atoms with Gasteiger partial charge >= 0.3 is 0 Å². The Morgan fingerprint density at radius 1 is 1.09 bits per heavy atom. The Balaban J connectivity index is 1.65. The molecular weight excluding hydrogens is 296 g/mol. The molecule has 0 amide bonds. The molecule has 1 aliphatic rings. The lowest BCUT2D eigenvalue weighted by atomic mass is 10.1. The van der Waals surface area contributed by atoms with Crippen LogP contribution in [0.2, 0.25) is 0 Å². The third kappa shape index (κ3) is 3.05. The second-order valence-corrected chi connectivity index (χ2v) is 5.55. The maximum Gasteiger partial charge on any atom is 0.253 e. The van der Waals surface area contributed by atoms with Crippen molar-refractivity contribution < 1.29 is 5.11 Å². The van der Waals surface area contributed by atoms with Crippen molar-refractivity contribution in [1.82, 2.24) is 4.98 Å². The van der Waals surface area contributed by atoms with E-state index in [0.29, 0.717) is 37.4 Å². The first-order valence-electron chi connectivity index (χ1n) is 7.81. The van der Waals surface area contributed by atoms with Gasteiger partial charge in [0, 0.05) is 45.5 Å². The van der Waals surface area contributed by atoms with Gasteiger partial charge in [-0.3, -0.25) is 9.59 Å². The summed E-state index contributed by atoms with van der Waals surface area (Å²) < 4.78 is 0. The summed E-state index contributed by atoms with van der Waals surface area (Å²) >= 11 is 0. The minimum absolute atomic E-state index is 0.0561. The summed E-state index contributed by atoms with van der Waals surface area (Å²) in [5.41, 5.74) is 0.0243. The summed E-state index contributed by atoms with van der Waals surface area (Å²) in [4.78, 5) is 32.1. The summed E-state index contributed by atoms with van der Waals surface area (Å²) in [5.74, 6) is 0.929. The van der Waals surface area contributed by atoms with Crippen molar-refractivity contribution in [1.29, 1.82) is 0 Å². The number of nitrogens with one attached hydrogen (secondary N) is 1. The van der Waals surface area contributed by atoms with Crippen LogP contribution in [0.25, 0.3) is 0 Å². The average Bonchev–Trinajstić information content (AvgIpc) is 2.61. The second-order valence-electron chi connectivity index (χ2n) is 5.55. The molecule has 0 aliphatic carbocycles. The molecule has 1 aliphatic heterocycles. The van der Waals surface area contributed by atoms with E-state index in [4.69, 9.17) is 5.11 Å². The van der Waals surface area contributed by atoms with Crippen LogP contribution in [0.5, 0.6) is 0 Å². The normalized spacial score (nSPS) is 15.2. The lowest BCUT2D eigenvalue weighted by Crippen LogP contribution is -2.51. The summed E-state index contributed by atoms with van der Waals surface area (Å²) in [7, 11) is 0. The highest BCUT2D eigenvalue weighted by Gasteiger charge is 2.28. The van der Waals surface area contributed by atoms with Crippen LogP contribution < -0.4 is 26.0 Å². The lowest BCUT2D eigenvalue weighted by molar-refractivity contribution is 0.292. The van der Waals surface area contributed by atoms with E-state index in [9.17, 15) is 9.59 Å². The third-order valence-electron chi connectivity index (χ3n) is 4.09. The van der Waals surface area contributed by atoms with Crippen LogP contribution in [-0.4, -0.2) is 49.4 Å². The van der Waals surface area contributed by atoms with E-state index < -0.39 is 10.9 Å². The number of pyridine rings is 1. The molecule has 1 aromatic heterocycles. The van der Waals surface area contributed by atoms with Crippen LogP contribution >= 0.6 is 0 Å². The minimum Gasteiger partial charge on any atom is -0.396 e. The maximum atomic E-state index is 11.9. The highest BCUT2D eigenvalue weighted by atomic mass is 16.3. The molecule has 0 atom stereocenters. The number of anilines is 3. The first-order chi connectivity index (χ1) is 11.2. The topological polar surface area (TPSA) is 85.8 Å². The van der Waals surface area contributed by atoms with Crippen LogP contribution in [0.4, 0.5) is 17.2 Å². The first-order valence-corrected chi connectivity index (χ1v) is 7.81. The predicted octanol–water partition coefficient (Wildman–Crippen LogP) is -0.202. The molecule has 0 unspecified atom stereocenters. The number of piperazine rings is 1. The molecule has 1 aromatic carbocycles. The number of hydrogen-bond donors (Lipinski definition) is 2. The Morgan fingerprint density at radius 3 is 2.48 bits per heavy atom. The molecule has 0 saturated carbocycles. The van der Waals surface area contributed by atoms with E-state index in [0.717, 1.165) is 18.9 Å². The van der Waals surface area contributed by atoms with Gasteiger partial charge < -0.3 is 20.2 Å². The zero-order valence-corrected chi connectivity index (χ0v) is 12.9. The Kier molecular flexibility index (Phi) is 4.57. The van der Waals surface area contributed by atoms with Crippen molar-refractivity contribution in [3.05, 3.63) is 44.8 Å². The Bertz CT molecular complexity index is 717. The highest BCUT2D eigenvalue weighted by Crippen LogP contribution is 2.22. The predicted molar refractivity (Wildman–Crippen MR) is 90.2 cm³/mol. The van der Waals surface area contributed by atoms with Gasteiger partial charge in [0.05, 0.1) is 0 Å². The van der Waals surface area contributed by atoms with Gasteiger partial charge in [0.25, 0.3) is 10.9 Å². The largest absolute Gasteiger partial charge is 0.396 e. The van der Waals surface area contributed by atoms with E-state index in [1.54, 1.807) is 6.20 Å². The lowest BCUT2D eigenvalue weighted by Gasteiger charge is -2.37. The van der Waals surface area contributed by atoms with Gasteiger partial charge in [0.15, 0.2) is 0 Å². The van der Waals surface area contributed by atoms with Crippen LogP contribution in [0, 0.1) is 0 Å². The van der Waals surface area contributed by atoms with E-state index in [1.807, 2.05) is 23.1 Å². The minimum atomic E-state index is -0.454. The fourth-order valence-corrected chi connectivity index (χ4v) is 2.84. The molecule has 2 N–H and O–H groups in total. The standard InChI is InChI=1S/C16H20N4O3/c21-11-3-6-18-13-14(16(23)15(13)22)20-9-7-19(8-10-20)12-4-1-2-5-17-12/h1-2,4-5,18,21H,3,6-11H2. The maximum absolute atomic E-state index is 11.9. The summed E-state index contributed by atoms with van der Waals surface area (Å²) in [6.45, 7) is 3.41. The van der Waals surface area contributed by atoms with Gasteiger partial charge in [-0.05, 0) is 18.6 Å². The molecule has 1 fully saturated rings. The van der Waals surface area contributed by atoms with Crippen molar-refractivity contribution in [2.45, 2.75) is 6.42 Å².